The quantitative estimate of drug-likeness (QED) is 0.457. The molecule has 8 heteroatoms. The van der Waals surface area contributed by atoms with Gasteiger partial charge in [0.25, 0.3) is 0 Å². The second-order valence-corrected chi connectivity index (χ2v) is 10.7. The number of fused-ring (bicyclic) bond motifs is 2. The Labute approximate surface area is 184 Å². The van der Waals surface area contributed by atoms with Crippen LogP contribution in [0.15, 0.2) is 29.0 Å². The molecule has 1 fully saturated rings. The SMILES string of the molecule is Bc1csc2c(-c3ccc4nc([C@@H]5CCCN5C(=O)OC(C)(C)C)[nH]c4c3)csc12. The molecular weight excluding hydrogens is 413 g/mol. The minimum atomic E-state index is -0.501. The van der Waals surface area contributed by atoms with Gasteiger partial charge in [0, 0.05) is 22.2 Å². The van der Waals surface area contributed by atoms with Gasteiger partial charge in [0.2, 0.25) is 0 Å². The van der Waals surface area contributed by atoms with Crippen LogP contribution in [-0.2, 0) is 4.74 Å². The predicted molar refractivity (Wildman–Crippen MR) is 128 cm³/mol. The van der Waals surface area contributed by atoms with Crippen molar-refractivity contribution in [1.29, 1.82) is 0 Å². The second kappa shape index (κ2) is 7.13. The summed E-state index contributed by atoms with van der Waals surface area (Å²) in [5.41, 5.74) is 5.26. The molecule has 1 saturated heterocycles. The van der Waals surface area contributed by atoms with Gasteiger partial charge in [-0.15, -0.1) is 22.7 Å². The van der Waals surface area contributed by atoms with E-state index in [4.69, 9.17) is 9.72 Å². The molecule has 0 unspecified atom stereocenters. The Hall–Kier alpha value is -2.32. The summed E-state index contributed by atoms with van der Waals surface area (Å²) in [4.78, 5) is 22.8. The van der Waals surface area contributed by atoms with Crippen LogP contribution in [0, 0.1) is 0 Å². The Balaban J connectivity index is 1.47. The lowest BCUT2D eigenvalue weighted by Crippen LogP contribution is -2.36. The highest BCUT2D eigenvalue weighted by Gasteiger charge is 2.35. The average Bonchev–Trinajstić information content (AvgIpc) is 3.44. The topological polar surface area (TPSA) is 58.2 Å². The van der Waals surface area contributed by atoms with E-state index in [1.807, 2.05) is 43.4 Å². The Morgan fingerprint density at radius 3 is 2.87 bits per heavy atom. The number of aromatic amines is 1. The summed E-state index contributed by atoms with van der Waals surface area (Å²) < 4.78 is 8.33. The van der Waals surface area contributed by atoms with Crippen molar-refractivity contribution in [3.63, 3.8) is 0 Å². The summed E-state index contributed by atoms with van der Waals surface area (Å²) in [6, 6.07) is 6.32. The van der Waals surface area contributed by atoms with Gasteiger partial charge in [-0.3, -0.25) is 4.90 Å². The molecule has 0 spiro atoms. The smallest absolute Gasteiger partial charge is 0.410 e. The van der Waals surface area contributed by atoms with Crippen molar-refractivity contribution >= 4 is 62.5 Å². The summed E-state index contributed by atoms with van der Waals surface area (Å²) in [5.74, 6) is 0.841. The molecular formula is C22H24BN3O2S2. The zero-order valence-electron chi connectivity index (χ0n) is 17.6. The van der Waals surface area contributed by atoms with Gasteiger partial charge in [0.15, 0.2) is 0 Å². The first-order valence-electron chi connectivity index (χ1n) is 10.2. The van der Waals surface area contributed by atoms with E-state index in [1.165, 1.54) is 26.0 Å². The zero-order valence-corrected chi connectivity index (χ0v) is 19.2. The number of amides is 1. The molecule has 1 aromatic carbocycles. The first-order chi connectivity index (χ1) is 14.3. The number of benzene rings is 1. The number of hydrogen-bond donors (Lipinski definition) is 1. The van der Waals surface area contributed by atoms with E-state index in [2.05, 4.69) is 41.8 Å². The number of H-pyrrole nitrogens is 1. The summed E-state index contributed by atoms with van der Waals surface area (Å²) in [5, 5.41) is 4.47. The lowest BCUT2D eigenvalue weighted by Gasteiger charge is -2.27. The molecule has 5 rings (SSSR count). The molecule has 30 heavy (non-hydrogen) atoms. The van der Waals surface area contributed by atoms with Crippen LogP contribution in [0.2, 0.25) is 0 Å². The Morgan fingerprint density at radius 2 is 2.07 bits per heavy atom. The van der Waals surface area contributed by atoms with E-state index in [0.717, 1.165) is 29.7 Å². The molecule has 1 aliphatic rings. The van der Waals surface area contributed by atoms with Crippen molar-refractivity contribution in [3.8, 4) is 11.1 Å². The fraction of sp³-hybridized carbons (Fsp3) is 0.364. The van der Waals surface area contributed by atoms with Gasteiger partial charge in [-0.2, -0.15) is 0 Å². The van der Waals surface area contributed by atoms with Crippen molar-refractivity contribution in [2.24, 2.45) is 0 Å². The van der Waals surface area contributed by atoms with Crippen molar-refractivity contribution in [1.82, 2.24) is 14.9 Å². The summed E-state index contributed by atoms with van der Waals surface area (Å²) in [7, 11) is 2.17. The molecule has 1 amide bonds. The first-order valence-corrected chi connectivity index (χ1v) is 12.0. The minimum Gasteiger partial charge on any atom is -0.444 e. The normalized spacial score (nSPS) is 17.3. The van der Waals surface area contributed by atoms with Gasteiger partial charge in [-0.25, -0.2) is 9.78 Å². The van der Waals surface area contributed by atoms with Crippen LogP contribution >= 0.6 is 22.7 Å². The molecule has 1 aliphatic heterocycles. The summed E-state index contributed by atoms with van der Waals surface area (Å²) in [6.45, 7) is 6.39. The average molecular weight is 437 g/mol. The molecule has 154 valence electrons. The number of likely N-dealkylation sites (tertiary alicyclic amines) is 1. The number of thiophene rings is 2. The van der Waals surface area contributed by atoms with Crippen LogP contribution in [-0.4, -0.2) is 41.0 Å². The molecule has 4 aromatic rings. The van der Waals surface area contributed by atoms with E-state index in [9.17, 15) is 4.79 Å². The Morgan fingerprint density at radius 1 is 1.27 bits per heavy atom. The molecule has 0 radical (unpaired) electrons. The van der Waals surface area contributed by atoms with Crippen LogP contribution in [0.25, 0.3) is 31.6 Å². The van der Waals surface area contributed by atoms with Crippen LogP contribution < -0.4 is 5.46 Å². The van der Waals surface area contributed by atoms with Crippen molar-refractivity contribution < 1.29 is 9.53 Å². The van der Waals surface area contributed by atoms with Crippen molar-refractivity contribution in [2.45, 2.75) is 45.3 Å². The third kappa shape index (κ3) is 3.42. The second-order valence-electron chi connectivity index (χ2n) is 8.91. The number of rotatable bonds is 2. The lowest BCUT2D eigenvalue weighted by molar-refractivity contribution is 0.0219. The van der Waals surface area contributed by atoms with Crippen LogP contribution in [0.4, 0.5) is 4.79 Å². The largest absolute Gasteiger partial charge is 0.444 e. The highest BCUT2D eigenvalue weighted by molar-refractivity contribution is 7.28. The molecule has 0 aliphatic carbocycles. The van der Waals surface area contributed by atoms with Gasteiger partial charge in [-0.05, 0) is 56.7 Å². The third-order valence-corrected chi connectivity index (χ3v) is 7.84. The first kappa shape index (κ1) is 19.6. The fourth-order valence-electron chi connectivity index (χ4n) is 4.08. The number of nitrogens with one attached hydrogen (secondary N) is 1. The number of hydrogen-bond acceptors (Lipinski definition) is 5. The maximum atomic E-state index is 12.7. The van der Waals surface area contributed by atoms with Gasteiger partial charge in [0.1, 0.15) is 19.3 Å². The van der Waals surface area contributed by atoms with E-state index in [0.29, 0.717) is 6.54 Å². The van der Waals surface area contributed by atoms with Gasteiger partial charge < -0.3 is 9.72 Å². The monoisotopic (exact) mass is 437 g/mol. The molecule has 1 N–H and O–H groups in total. The summed E-state index contributed by atoms with van der Waals surface area (Å²) >= 11 is 3.61. The highest BCUT2D eigenvalue weighted by atomic mass is 32.1. The van der Waals surface area contributed by atoms with E-state index < -0.39 is 5.60 Å². The molecule has 4 heterocycles. The highest BCUT2D eigenvalue weighted by Crippen LogP contribution is 2.38. The van der Waals surface area contributed by atoms with E-state index in [1.54, 1.807) is 4.90 Å². The number of imidazole rings is 1. The van der Waals surface area contributed by atoms with Crippen molar-refractivity contribution in [3.05, 3.63) is 34.8 Å². The number of carbonyl (C=O) groups excluding carboxylic acids is 1. The molecule has 0 bridgehead atoms. The van der Waals surface area contributed by atoms with Crippen LogP contribution in [0.3, 0.4) is 0 Å². The van der Waals surface area contributed by atoms with E-state index >= 15 is 0 Å². The minimum absolute atomic E-state index is 0.0662. The molecule has 5 nitrogen and oxygen atoms in total. The molecule has 0 saturated carbocycles. The Kier molecular flexibility index (Phi) is 4.67. The number of carbonyl (C=O) groups is 1. The van der Waals surface area contributed by atoms with Crippen LogP contribution in [0.5, 0.6) is 0 Å². The van der Waals surface area contributed by atoms with Gasteiger partial charge in [0.05, 0.1) is 21.8 Å². The number of nitrogens with zero attached hydrogens (tertiary/aromatic N) is 2. The number of aromatic nitrogens is 2. The lowest BCUT2D eigenvalue weighted by atomic mass is 9.99. The predicted octanol–water partition coefficient (Wildman–Crippen LogP) is 4.84. The van der Waals surface area contributed by atoms with Crippen molar-refractivity contribution in [2.75, 3.05) is 6.54 Å². The van der Waals surface area contributed by atoms with Gasteiger partial charge >= 0.3 is 6.09 Å². The Bertz CT molecular complexity index is 1250. The van der Waals surface area contributed by atoms with Crippen LogP contribution in [0.1, 0.15) is 45.5 Å². The maximum absolute atomic E-state index is 12.7. The molecule has 1 atom stereocenters. The maximum Gasteiger partial charge on any atom is 0.410 e. The number of ether oxygens (including phenoxy) is 1. The zero-order chi connectivity index (χ0) is 21.0. The van der Waals surface area contributed by atoms with Gasteiger partial charge in [-0.1, -0.05) is 11.5 Å². The third-order valence-electron chi connectivity index (χ3n) is 5.46. The van der Waals surface area contributed by atoms with E-state index in [-0.39, 0.29) is 12.1 Å². The molecule has 3 aromatic heterocycles. The fourth-order valence-corrected chi connectivity index (χ4v) is 6.45. The summed E-state index contributed by atoms with van der Waals surface area (Å²) in [6.07, 6.45) is 1.59. The standard InChI is InChI=1S/C22H24BN3O2S2/c1-22(2,3)28-21(27)26-8-4-5-17(26)20-24-15-7-6-12(9-16(15)25-20)13-10-29-19-14(23)11-30-18(13)19/h6-7,9-11,17H,4-5,8,23H2,1-3H3,(H,24,25)/t17-/m0/s1.